The van der Waals surface area contributed by atoms with E-state index in [1.165, 1.54) is 33.0 Å². The Kier molecular flexibility index (Phi) is 6.86. The Morgan fingerprint density at radius 2 is 1.76 bits per heavy atom. The van der Waals surface area contributed by atoms with Gasteiger partial charge >= 0.3 is 5.92 Å². The number of carbonyl (C=O) groups is 4. The summed E-state index contributed by atoms with van der Waals surface area (Å²) in [6.45, 7) is 0.0201. The van der Waals surface area contributed by atoms with Crippen LogP contribution in [0.4, 0.5) is 8.78 Å². The Morgan fingerprint density at radius 1 is 1.14 bits per heavy atom. The lowest BCUT2D eigenvalue weighted by molar-refractivity contribution is -0.154. The van der Waals surface area contributed by atoms with Crippen LogP contribution in [-0.2, 0) is 33.4 Å². The third-order valence-electron chi connectivity index (χ3n) is 7.87. The summed E-state index contributed by atoms with van der Waals surface area (Å²) in [6, 6.07) is 9.71. The third-order valence-corrected chi connectivity index (χ3v) is 8.12. The van der Waals surface area contributed by atoms with Crippen LogP contribution < -0.4 is 0 Å². The fraction of sp³-hybridized carbons (Fsp3) is 0.273. The van der Waals surface area contributed by atoms with E-state index < -0.39 is 40.4 Å². The van der Waals surface area contributed by atoms with Gasteiger partial charge in [-0.3, -0.25) is 19.2 Å². The van der Waals surface area contributed by atoms with Crippen LogP contribution >= 0.6 is 11.6 Å². The number of fused-ring (bicyclic) bond motifs is 1. The SMILES string of the molecule is BC1C(=O)N(B)C(=O)[C@@](B)(N2Cc3cc(CN(B)C(=O)C(F)(F)c4ccc(Cl)cc4)ccc3C2=O)C1B. The highest BCUT2D eigenvalue weighted by Gasteiger charge is 2.56. The average molecular weight is 521 g/mol. The molecule has 15 heteroatoms. The van der Waals surface area contributed by atoms with Crippen molar-refractivity contribution in [1.82, 2.24) is 14.5 Å². The zero-order valence-electron chi connectivity index (χ0n) is 21.2. The molecular weight excluding hydrogens is 498 g/mol. The highest BCUT2D eigenvalue weighted by Crippen LogP contribution is 2.43. The number of amides is 4. The monoisotopic (exact) mass is 521 g/mol. The van der Waals surface area contributed by atoms with Crippen molar-refractivity contribution in [2.24, 2.45) is 0 Å². The lowest BCUT2D eigenvalue weighted by atomic mass is 9.48. The number of halogens is 3. The number of carbonyl (C=O) groups excluding carboxylic acids is 4. The molecule has 0 radical (unpaired) electrons. The van der Waals surface area contributed by atoms with Crippen LogP contribution in [0.15, 0.2) is 42.5 Å². The molecule has 2 heterocycles. The van der Waals surface area contributed by atoms with Crippen LogP contribution in [0.25, 0.3) is 0 Å². The van der Waals surface area contributed by atoms with Crippen LogP contribution in [-0.4, -0.2) is 83.1 Å². The van der Waals surface area contributed by atoms with Crippen molar-refractivity contribution >= 4 is 74.7 Å². The Morgan fingerprint density at radius 3 is 2.38 bits per heavy atom. The molecule has 37 heavy (non-hydrogen) atoms. The van der Waals surface area contributed by atoms with Gasteiger partial charge in [0, 0.05) is 35.1 Å². The molecule has 2 aliphatic rings. The first-order valence-corrected chi connectivity index (χ1v) is 12.2. The number of hydrogen-bond donors (Lipinski definition) is 0. The summed E-state index contributed by atoms with van der Waals surface area (Å²) in [5, 5.41) is 0.285. The summed E-state index contributed by atoms with van der Waals surface area (Å²) in [4.78, 5) is 55.1. The van der Waals surface area contributed by atoms with Gasteiger partial charge in [0.05, 0.1) is 5.44 Å². The van der Waals surface area contributed by atoms with Gasteiger partial charge in [-0.15, -0.1) is 0 Å². The summed E-state index contributed by atoms with van der Waals surface area (Å²) in [5.41, 5.74) is -0.101. The summed E-state index contributed by atoms with van der Waals surface area (Å²) < 4.78 is 29.6. The van der Waals surface area contributed by atoms with Crippen molar-refractivity contribution in [1.29, 1.82) is 0 Å². The number of alkyl halides is 2. The summed E-state index contributed by atoms with van der Waals surface area (Å²) in [5.74, 6) is -7.05. The number of hydrogen-bond acceptors (Lipinski definition) is 4. The fourth-order valence-electron chi connectivity index (χ4n) is 5.22. The van der Waals surface area contributed by atoms with Gasteiger partial charge in [0.2, 0.25) is 27.8 Å². The highest BCUT2D eigenvalue weighted by molar-refractivity contribution is 6.47. The van der Waals surface area contributed by atoms with Crippen LogP contribution in [0.5, 0.6) is 0 Å². The maximum Gasteiger partial charge on any atom is 0.348 e. The number of piperidine rings is 1. The molecule has 186 valence electrons. The van der Waals surface area contributed by atoms with E-state index in [4.69, 9.17) is 11.6 Å². The van der Waals surface area contributed by atoms with E-state index in [0.717, 1.165) is 21.8 Å². The molecular formula is C22H23B5ClF2N3O4. The molecule has 2 aliphatic heterocycles. The third kappa shape index (κ3) is 4.29. The lowest BCUT2D eigenvalue weighted by Gasteiger charge is -2.50. The summed E-state index contributed by atoms with van der Waals surface area (Å²) in [7, 11) is 7.91. The minimum atomic E-state index is -3.74. The molecule has 1 saturated heterocycles. The van der Waals surface area contributed by atoms with E-state index in [1.54, 1.807) is 41.7 Å². The lowest BCUT2D eigenvalue weighted by Crippen LogP contribution is -2.68. The molecule has 3 atom stereocenters. The average Bonchev–Trinajstić information content (AvgIpc) is 3.20. The van der Waals surface area contributed by atoms with Gasteiger partial charge in [-0.1, -0.05) is 35.9 Å². The second-order valence-corrected chi connectivity index (χ2v) is 10.5. The van der Waals surface area contributed by atoms with Crippen molar-refractivity contribution in [3.63, 3.8) is 0 Å². The molecule has 1 fully saturated rings. The summed E-state index contributed by atoms with van der Waals surface area (Å²) >= 11 is 5.77. The van der Waals surface area contributed by atoms with E-state index in [1.807, 2.05) is 0 Å². The topological polar surface area (TPSA) is 78.0 Å². The standard InChI is InChI=1S/C22H23B5ClF2N3O4/c23-15-16(24)21(25,19(36)33(27)18(15)35)31-9-11-7-10(1-6-14(11)17(31)34)8-32(26)20(37)22(29,30)12-2-4-13(28)5-3-12/h1-7,15-16H,8-9,23-27H2/t15?,16?,21-/m0/s1. The Hall–Kier alpha value is -3.01. The first-order valence-electron chi connectivity index (χ1n) is 11.9. The second-order valence-electron chi connectivity index (χ2n) is 10.1. The smallest absolute Gasteiger partial charge is 0.348 e. The molecule has 0 bridgehead atoms. The molecule has 4 rings (SSSR count). The largest absolute Gasteiger partial charge is 0.384 e. The van der Waals surface area contributed by atoms with Gasteiger partial charge in [0.1, 0.15) is 23.5 Å². The van der Waals surface area contributed by atoms with E-state index in [-0.39, 0.29) is 29.9 Å². The van der Waals surface area contributed by atoms with E-state index in [9.17, 15) is 28.0 Å². The van der Waals surface area contributed by atoms with Gasteiger partial charge in [0.25, 0.3) is 11.8 Å². The zero-order valence-corrected chi connectivity index (χ0v) is 22.0. The van der Waals surface area contributed by atoms with Crippen molar-refractivity contribution < 1.29 is 28.0 Å². The van der Waals surface area contributed by atoms with Crippen LogP contribution in [0.3, 0.4) is 0 Å². The number of rotatable bonds is 5. The highest BCUT2D eigenvalue weighted by atomic mass is 35.5. The van der Waals surface area contributed by atoms with Gasteiger partial charge < -0.3 is 14.5 Å². The predicted molar refractivity (Wildman–Crippen MR) is 147 cm³/mol. The van der Waals surface area contributed by atoms with Crippen molar-refractivity contribution in [3.8, 4) is 0 Å². The molecule has 2 unspecified atom stereocenters. The first-order chi connectivity index (χ1) is 17.2. The molecule has 0 spiro atoms. The second kappa shape index (κ2) is 9.38. The van der Waals surface area contributed by atoms with Crippen molar-refractivity contribution in [2.75, 3.05) is 0 Å². The Labute approximate surface area is 222 Å². The molecule has 0 aromatic heterocycles. The van der Waals surface area contributed by atoms with Gasteiger partial charge in [0.15, 0.2) is 0 Å². The fourth-order valence-corrected chi connectivity index (χ4v) is 5.34. The predicted octanol–water partition coefficient (Wildman–Crippen LogP) is -1.95. The normalized spacial score (nSPS) is 23.8. The Balaban J connectivity index is 1.55. The van der Waals surface area contributed by atoms with Gasteiger partial charge in [-0.25, -0.2) is 0 Å². The minimum absolute atomic E-state index is 0.107. The number of nitrogens with zero attached hydrogens (tertiary/aromatic N) is 3. The van der Waals surface area contributed by atoms with Crippen LogP contribution in [0.1, 0.15) is 27.0 Å². The molecule has 7 nitrogen and oxygen atoms in total. The van der Waals surface area contributed by atoms with E-state index in [0.29, 0.717) is 16.7 Å². The molecule has 0 N–H and O–H groups in total. The van der Waals surface area contributed by atoms with E-state index >= 15 is 0 Å². The van der Waals surface area contributed by atoms with Crippen molar-refractivity contribution in [2.45, 2.75) is 36.1 Å². The number of benzene rings is 2. The van der Waals surface area contributed by atoms with E-state index in [2.05, 4.69) is 0 Å². The van der Waals surface area contributed by atoms with Gasteiger partial charge in [-0.05, 0) is 35.1 Å². The molecule has 2 aromatic carbocycles. The maximum absolute atomic E-state index is 14.8. The van der Waals surface area contributed by atoms with Crippen LogP contribution in [0, 0.1) is 0 Å². The molecule has 4 amide bonds. The first kappa shape index (κ1) is 27.0. The number of imide groups is 1. The zero-order chi connectivity index (χ0) is 27.4. The minimum Gasteiger partial charge on any atom is -0.384 e. The van der Waals surface area contributed by atoms with Crippen molar-refractivity contribution in [3.05, 3.63) is 69.7 Å². The Bertz CT molecular complexity index is 1320. The van der Waals surface area contributed by atoms with Crippen LogP contribution in [0.2, 0.25) is 16.7 Å². The summed E-state index contributed by atoms with van der Waals surface area (Å²) in [6.07, 6.45) is 0. The molecule has 2 aromatic rings. The molecule has 0 saturated carbocycles. The molecule has 0 aliphatic carbocycles. The quantitative estimate of drug-likeness (QED) is 0.339. The van der Waals surface area contributed by atoms with Gasteiger partial charge in [-0.2, -0.15) is 8.78 Å². The maximum atomic E-state index is 14.8.